The minimum Gasteiger partial charge on any atom is -0.480 e. The summed E-state index contributed by atoms with van der Waals surface area (Å²) in [4.78, 5) is 60.7. The van der Waals surface area contributed by atoms with Crippen LogP contribution in [0.1, 0.15) is 58.4 Å². The quantitative estimate of drug-likeness (QED) is 0.0393. The summed E-state index contributed by atoms with van der Waals surface area (Å²) in [6.07, 6.45) is 11.9. The van der Waals surface area contributed by atoms with Crippen molar-refractivity contribution in [2.75, 3.05) is 30.3 Å². The fourth-order valence-electron chi connectivity index (χ4n) is 5.54. The molecule has 8 N–H and O–H groups in total. The van der Waals surface area contributed by atoms with Crippen LogP contribution in [0.4, 0.5) is 11.8 Å². The van der Waals surface area contributed by atoms with Crippen LogP contribution < -0.4 is 26.6 Å². The number of hydrogen-bond donors (Lipinski definition) is 8. The van der Waals surface area contributed by atoms with Gasteiger partial charge in [-0.3, -0.25) is 23.6 Å². The Morgan fingerprint density at radius 2 is 1.70 bits per heavy atom. The van der Waals surface area contributed by atoms with E-state index in [4.69, 9.17) is 0 Å². The number of anilines is 2. The number of carboxylic acids is 1. The number of nitrogens with one attached hydrogen (secondary N) is 6. The predicted octanol–water partition coefficient (Wildman–Crippen LogP) is 3.28. The molecular weight excluding hydrogens is 745 g/mol. The van der Waals surface area contributed by atoms with Crippen LogP contribution in [0.3, 0.4) is 0 Å². The summed E-state index contributed by atoms with van der Waals surface area (Å²) in [5, 5.41) is 28.7. The number of amides is 3. The molecule has 5 rings (SSSR count). The second-order valence-electron chi connectivity index (χ2n) is 12.5. The topological polar surface area (TPSA) is 262 Å². The second kappa shape index (κ2) is 19.6. The molecule has 0 aliphatic rings. The number of hydrogen-bond acceptors (Lipinski definition) is 11. The Bertz CT molecular complexity index is 2260. The number of aryl methyl sites for hydroxylation is 1. The highest BCUT2D eigenvalue weighted by Gasteiger charge is 2.21. The minimum atomic E-state index is -4.38. The van der Waals surface area contributed by atoms with Crippen LogP contribution in [0.2, 0.25) is 0 Å². The van der Waals surface area contributed by atoms with Gasteiger partial charge in [-0.05, 0) is 67.3 Å². The Balaban J connectivity index is 0.963. The van der Waals surface area contributed by atoms with E-state index in [9.17, 15) is 37.3 Å². The van der Waals surface area contributed by atoms with E-state index in [0.29, 0.717) is 61.8 Å². The summed E-state index contributed by atoms with van der Waals surface area (Å²) >= 11 is 0. The number of imidazole rings is 1. The van der Waals surface area contributed by atoms with Gasteiger partial charge in [-0.1, -0.05) is 24.6 Å². The van der Waals surface area contributed by atoms with Gasteiger partial charge in [-0.25, -0.2) is 14.8 Å². The molecule has 294 valence electrons. The maximum absolute atomic E-state index is 12.9. The van der Waals surface area contributed by atoms with Gasteiger partial charge < -0.3 is 36.7 Å². The maximum atomic E-state index is 12.9. The molecule has 0 spiro atoms. The van der Waals surface area contributed by atoms with Crippen LogP contribution in [0.5, 0.6) is 0 Å². The molecule has 19 heteroatoms. The number of unbranched alkanes of at least 4 members (excludes halogenated alkanes) is 2. The largest absolute Gasteiger partial charge is 0.480 e. The third-order valence-electron chi connectivity index (χ3n) is 8.42. The van der Waals surface area contributed by atoms with Crippen LogP contribution in [-0.2, 0) is 26.3 Å². The first kappa shape index (κ1) is 40.6. The third kappa shape index (κ3) is 12.0. The Kier molecular flexibility index (Phi) is 14.2. The number of nitrogens with zero attached hydrogens (tertiary/aromatic N) is 4. The number of rotatable bonds is 21. The normalized spacial score (nSPS) is 11.9. The van der Waals surface area contributed by atoms with Gasteiger partial charge in [0.1, 0.15) is 16.8 Å². The Hall–Kier alpha value is -6.60. The fraction of sp³-hybridized carbons (Fsp3) is 0.270. The lowest BCUT2D eigenvalue weighted by Crippen LogP contribution is -2.48. The Morgan fingerprint density at radius 1 is 0.893 bits per heavy atom. The van der Waals surface area contributed by atoms with Crippen LogP contribution in [-0.4, -0.2) is 92.2 Å². The summed E-state index contributed by atoms with van der Waals surface area (Å²) < 4.78 is 34.3. The molecule has 56 heavy (non-hydrogen) atoms. The number of aliphatic carboxylic acids is 1. The predicted molar refractivity (Wildman–Crippen MR) is 207 cm³/mol. The van der Waals surface area contributed by atoms with E-state index in [-0.39, 0.29) is 29.3 Å². The summed E-state index contributed by atoms with van der Waals surface area (Å²) in [5.74, 6) is -1.48. The number of fused-ring (bicyclic) bond motifs is 1. The van der Waals surface area contributed by atoms with E-state index in [1.54, 1.807) is 55.0 Å². The molecule has 3 amide bonds. The molecule has 2 aromatic carbocycles. The first-order valence-corrected chi connectivity index (χ1v) is 19.1. The molecule has 1 atom stereocenters. The highest BCUT2D eigenvalue weighted by atomic mass is 32.2. The van der Waals surface area contributed by atoms with Gasteiger partial charge in [-0.2, -0.15) is 13.5 Å². The van der Waals surface area contributed by atoms with E-state index in [2.05, 4.69) is 46.6 Å². The first-order valence-electron chi connectivity index (χ1n) is 17.7. The van der Waals surface area contributed by atoms with Gasteiger partial charge >= 0.3 is 5.97 Å². The molecule has 0 aliphatic carbocycles. The summed E-state index contributed by atoms with van der Waals surface area (Å²) in [7, 11) is -4.38. The van der Waals surface area contributed by atoms with Crippen molar-refractivity contribution < 1.29 is 37.3 Å². The maximum Gasteiger partial charge on any atom is 0.328 e. The van der Waals surface area contributed by atoms with Crippen molar-refractivity contribution in [1.82, 2.24) is 40.7 Å². The zero-order valence-corrected chi connectivity index (χ0v) is 31.0. The highest BCUT2D eigenvalue weighted by Crippen LogP contribution is 2.18. The average Bonchev–Trinajstić information content (AvgIpc) is 3.86. The number of aromatic amines is 1. The van der Waals surface area contributed by atoms with E-state index in [1.165, 1.54) is 36.7 Å². The van der Waals surface area contributed by atoms with Gasteiger partial charge in [0.05, 0.1) is 17.3 Å². The standard InChI is InChI=1S/C37H42N10O8S/c48-33(9-2-1-5-15-39-35(50)27-11-13-32(43-22-27)38-17-14-25-7-3-4-8-31(25)56(53,54)55)46-29(36(51)52)24-44-34(49)26-10-12-30-28(21-26)23-45-47(30)20-6-16-40-37-41-18-19-42-37/h3-4,7-8,10-14,17-19,21-23,29H,1-2,5-6,9,15-16,20,24H2,(H,38,43)(H,39,50)(H,44,49)(H,46,48)(H,51,52)(H2,40,41,42)(H,53,54,55)/b17-14+. The number of H-pyrrole nitrogens is 1. The molecule has 0 fully saturated rings. The van der Waals surface area contributed by atoms with Crippen molar-refractivity contribution >= 4 is 62.6 Å². The van der Waals surface area contributed by atoms with Gasteiger partial charge in [0, 0.05) is 68.3 Å². The van der Waals surface area contributed by atoms with E-state index < -0.39 is 33.9 Å². The van der Waals surface area contributed by atoms with Gasteiger partial charge in [0.15, 0.2) is 5.95 Å². The molecule has 3 heterocycles. The van der Waals surface area contributed by atoms with Crippen molar-refractivity contribution in [3.63, 3.8) is 0 Å². The molecule has 0 aliphatic heterocycles. The van der Waals surface area contributed by atoms with Crippen molar-refractivity contribution in [2.45, 2.75) is 49.6 Å². The molecule has 1 unspecified atom stereocenters. The number of carboxylic acid groups (broad SMARTS) is 1. The molecular formula is C37H42N10O8S. The summed E-state index contributed by atoms with van der Waals surface area (Å²) in [5.41, 5.74) is 1.79. The Morgan fingerprint density at radius 3 is 2.45 bits per heavy atom. The van der Waals surface area contributed by atoms with Crippen molar-refractivity contribution in [3.05, 3.63) is 102 Å². The molecule has 0 bridgehead atoms. The summed E-state index contributed by atoms with van der Waals surface area (Å²) in [6, 6.07) is 12.9. The van der Waals surface area contributed by atoms with E-state index >= 15 is 0 Å². The molecule has 18 nitrogen and oxygen atoms in total. The van der Waals surface area contributed by atoms with Gasteiger partial charge in [0.25, 0.3) is 21.9 Å². The van der Waals surface area contributed by atoms with Crippen molar-refractivity contribution in [2.24, 2.45) is 0 Å². The zero-order valence-electron chi connectivity index (χ0n) is 30.1. The molecule has 0 radical (unpaired) electrons. The number of benzene rings is 2. The van der Waals surface area contributed by atoms with Crippen LogP contribution in [0.25, 0.3) is 17.0 Å². The Labute approximate surface area is 322 Å². The van der Waals surface area contributed by atoms with Gasteiger partial charge in [-0.15, -0.1) is 0 Å². The monoisotopic (exact) mass is 786 g/mol. The molecule has 3 aromatic heterocycles. The smallest absolute Gasteiger partial charge is 0.328 e. The molecule has 0 saturated heterocycles. The van der Waals surface area contributed by atoms with Crippen molar-refractivity contribution in [3.8, 4) is 0 Å². The second-order valence-corrected chi connectivity index (χ2v) is 13.9. The van der Waals surface area contributed by atoms with Crippen LogP contribution in [0, 0.1) is 0 Å². The lowest BCUT2D eigenvalue weighted by Gasteiger charge is -2.15. The number of carbonyl (C=O) groups excluding carboxylic acids is 3. The number of carbonyl (C=O) groups is 4. The zero-order chi connectivity index (χ0) is 39.9. The van der Waals surface area contributed by atoms with E-state index in [1.807, 2.05) is 4.68 Å². The summed E-state index contributed by atoms with van der Waals surface area (Å²) in [6.45, 7) is 1.38. The van der Waals surface area contributed by atoms with Crippen molar-refractivity contribution in [1.29, 1.82) is 0 Å². The number of pyridine rings is 1. The number of aromatic nitrogens is 5. The lowest BCUT2D eigenvalue weighted by atomic mass is 10.1. The fourth-order valence-corrected chi connectivity index (χ4v) is 6.23. The van der Waals surface area contributed by atoms with Crippen LogP contribution in [0.15, 0.2) is 90.5 Å². The van der Waals surface area contributed by atoms with Crippen LogP contribution >= 0.6 is 0 Å². The highest BCUT2D eigenvalue weighted by molar-refractivity contribution is 7.85. The first-order chi connectivity index (χ1) is 27.0. The van der Waals surface area contributed by atoms with Gasteiger partial charge in [0.2, 0.25) is 5.91 Å². The molecule has 5 aromatic rings. The average molecular weight is 787 g/mol. The molecule has 0 saturated carbocycles. The lowest BCUT2D eigenvalue weighted by molar-refractivity contribution is -0.141. The van der Waals surface area contributed by atoms with E-state index in [0.717, 1.165) is 17.3 Å². The minimum absolute atomic E-state index is 0.0689. The third-order valence-corrected chi connectivity index (χ3v) is 9.35. The SMILES string of the molecule is O=C(CCCCCNC(=O)c1ccc(N/C=C/c2ccccc2S(=O)(=O)O)nc1)NC(CNC(=O)c1ccc2c(cnn2CCCNc2ncc[nH]2)c1)C(=O)O.